The molecule has 4 aliphatic rings. The lowest BCUT2D eigenvalue weighted by Crippen LogP contribution is -2.82. The number of aliphatic hydroxyl groups excluding tert-OH is 1. The highest BCUT2D eigenvalue weighted by molar-refractivity contribution is 7.47. The molecule has 580 valence electrons. The van der Waals surface area contributed by atoms with Gasteiger partial charge in [0.05, 0.1) is 57.3 Å². The molecule has 2 saturated carbocycles. The maximum Gasteiger partial charge on any atom is 0.472 e. The van der Waals surface area contributed by atoms with E-state index in [0.29, 0.717) is 16.6 Å². The zero-order chi connectivity index (χ0) is 76.9. The number of hydrogen-bond donors (Lipinski definition) is 5. The van der Waals surface area contributed by atoms with Crippen LogP contribution >= 0.6 is 7.82 Å². The minimum atomic E-state index is -3.98. The smallest absolute Gasteiger partial charge is 0.456 e. The number of phosphoric ester groups is 1. The number of esters is 4. The average Bonchev–Trinajstić information content (AvgIpc) is 0.667. The van der Waals surface area contributed by atoms with E-state index in [1.165, 1.54) is 102 Å². The summed E-state index contributed by atoms with van der Waals surface area (Å²) in [4.78, 5) is 124. The van der Waals surface area contributed by atoms with Crippen molar-refractivity contribution in [3.63, 3.8) is 0 Å². The molecule has 106 heavy (non-hydrogen) atoms. The SMILES string of the molecule is CC(=O)O[C@H]1C(=O)[C@]2(C)[C@@H](OC(=O)NCCCC(=O)Cc3ccc(CCCCCCCCCCCCCCCCCCOP(=O)(O)OCC[N+](C)(C)C)cc3)C[C@H]3OC[C@@]3(OC(C)=O)[C@H]2[C@H](OC(=O)c2ccccc2)[C@]2(O)C[C@H](OC(=O)[C@H](O)[C@@H](NC(=O)c3ccccc3)c3ccccc3)C(C)=C1C2(C)C. The molecule has 12 atom stereocenters. The molecular formula is C82H113N3O20P+. The maximum absolute atomic E-state index is 16.5. The third-order valence-corrected chi connectivity index (χ3v) is 22.7. The van der Waals surface area contributed by atoms with Gasteiger partial charge in [0, 0.05) is 57.1 Å². The van der Waals surface area contributed by atoms with E-state index < -0.39 is 133 Å². The summed E-state index contributed by atoms with van der Waals surface area (Å²) in [5, 5.41) is 31.8. The summed E-state index contributed by atoms with van der Waals surface area (Å²) in [5.74, 6) is -7.33. The lowest BCUT2D eigenvalue weighted by atomic mass is 9.44. The Hall–Kier alpha value is -7.47. The van der Waals surface area contributed by atoms with Gasteiger partial charge >= 0.3 is 37.8 Å². The van der Waals surface area contributed by atoms with Crippen LogP contribution in [0.2, 0.25) is 0 Å². The molecular weight excluding hydrogens is 1380 g/mol. The van der Waals surface area contributed by atoms with Gasteiger partial charge in [0.1, 0.15) is 49.0 Å². The summed E-state index contributed by atoms with van der Waals surface area (Å²) < 4.78 is 60.6. The lowest BCUT2D eigenvalue weighted by Gasteiger charge is -2.67. The number of ether oxygens (including phenoxy) is 6. The van der Waals surface area contributed by atoms with E-state index >= 15 is 4.79 Å². The van der Waals surface area contributed by atoms with Gasteiger partial charge in [0.25, 0.3) is 5.91 Å². The third-order valence-electron chi connectivity index (χ3n) is 21.7. The number of quaternary nitrogens is 1. The Morgan fingerprint density at radius 1 is 0.660 bits per heavy atom. The van der Waals surface area contributed by atoms with Crippen LogP contribution in [-0.4, -0.2) is 169 Å². The molecule has 24 heteroatoms. The van der Waals surface area contributed by atoms with Crippen LogP contribution in [0, 0.1) is 16.7 Å². The molecule has 2 bridgehead atoms. The number of hydrogen-bond acceptors (Lipinski definition) is 19. The molecule has 5 N–H and O–H groups in total. The summed E-state index contributed by atoms with van der Waals surface area (Å²) in [6.07, 6.45) is 8.04. The number of likely N-dealkylation sites (N-methyl/N-ethyl adjacent to an activating group) is 1. The zero-order valence-electron chi connectivity index (χ0n) is 63.4. The number of alkyl carbamates (subject to hydrolysis) is 1. The number of carbonyl (C=O) groups is 8. The number of ketones is 2. The first kappa shape index (κ1) is 84.2. The second-order valence-corrected chi connectivity index (χ2v) is 32.3. The van der Waals surface area contributed by atoms with Crippen molar-refractivity contribution in [2.24, 2.45) is 16.7 Å². The first-order chi connectivity index (χ1) is 50.4. The summed E-state index contributed by atoms with van der Waals surface area (Å²) in [7, 11) is 2.00. The number of benzene rings is 4. The molecule has 2 amide bonds. The predicted octanol–water partition coefficient (Wildman–Crippen LogP) is 12.7. The quantitative estimate of drug-likeness (QED) is 0.00688. The number of aryl methyl sites for hydroxylation is 1. The van der Waals surface area contributed by atoms with Gasteiger partial charge in [-0.05, 0) is 91.6 Å². The first-order valence-electron chi connectivity index (χ1n) is 37.9. The topological polar surface area (TPSA) is 312 Å². The Kier molecular flexibility index (Phi) is 30.6. The van der Waals surface area contributed by atoms with E-state index in [-0.39, 0.29) is 73.5 Å². The van der Waals surface area contributed by atoms with Crippen molar-refractivity contribution in [2.75, 3.05) is 54.1 Å². The Morgan fingerprint density at radius 2 is 1.20 bits per heavy atom. The van der Waals surface area contributed by atoms with E-state index in [4.69, 9.17) is 37.5 Å². The summed E-state index contributed by atoms with van der Waals surface area (Å²) in [6, 6.07) is 30.9. The Labute approximate surface area is 624 Å². The van der Waals surface area contributed by atoms with Crippen molar-refractivity contribution in [1.82, 2.24) is 10.6 Å². The molecule has 4 aromatic rings. The molecule has 0 aromatic heterocycles. The van der Waals surface area contributed by atoms with Gasteiger partial charge in [0.2, 0.25) is 0 Å². The Bertz CT molecular complexity index is 3680. The van der Waals surface area contributed by atoms with Crippen molar-refractivity contribution in [1.29, 1.82) is 0 Å². The monoisotopic (exact) mass is 1490 g/mol. The van der Waals surface area contributed by atoms with Gasteiger partial charge in [0.15, 0.2) is 23.6 Å². The predicted molar refractivity (Wildman–Crippen MR) is 397 cm³/mol. The Morgan fingerprint density at radius 3 is 1.75 bits per heavy atom. The normalized spacial score (nSPS) is 24.2. The number of nitrogens with zero attached hydrogens (tertiary/aromatic N) is 1. The van der Waals surface area contributed by atoms with E-state index in [2.05, 4.69) is 22.8 Å². The highest BCUT2D eigenvalue weighted by atomic mass is 31.2. The number of fused-ring (bicyclic) bond motifs is 5. The van der Waals surface area contributed by atoms with Gasteiger partial charge in [-0.25, -0.2) is 18.9 Å². The highest BCUT2D eigenvalue weighted by Gasteiger charge is 2.79. The molecule has 3 fully saturated rings. The minimum absolute atomic E-state index is 0.0185. The van der Waals surface area contributed by atoms with Crippen LogP contribution in [0.4, 0.5) is 4.79 Å². The van der Waals surface area contributed by atoms with Crippen molar-refractivity contribution >= 4 is 55.3 Å². The van der Waals surface area contributed by atoms with Gasteiger partial charge in [-0.15, -0.1) is 0 Å². The Balaban J connectivity index is 0.858. The fourth-order valence-corrected chi connectivity index (χ4v) is 16.4. The standard InChI is InChI=1S/C82H112N3O20P/c1-56-65(102-77(93)70(89)69(61-37-28-24-29-38-61)84-75(91)62-39-30-25-31-40-62)54-82(95)74(104-76(92)63-41-32-26-33-42-63)72-80(6,73(90)71(101-57(2)86)68(56)79(82,4)5)66(53-67-81(72,55-98-67)105-58(3)87)103-78(94)83-48-35-43-64(88)52-60-46-44-59(45-47-60)36-27-22-20-18-16-14-12-10-11-13-15-17-19-21-23-34-50-99-106(96,97)100-51-49-85(7,8)9/h24-26,28-33,37-42,44-47,65-67,69-72,74,89,95H,10-23,27,34-36,43,48-55H2,1-9H3,(H2-,83,84,91,94,96,97)/p+1/t65-,66-,67+,69-,70+,71+,72-,74-,80+,81-,82+/m0/s1. The van der Waals surface area contributed by atoms with Crippen LogP contribution in [0.1, 0.15) is 213 Å². The number of phosphoric acid groups is 1. The number of Topliss-reactive ketones (excluding diaryl/α,β-unsaturated/α-hetero) is 2. The molecule has 1 aliphatic heterocycles. The number of unbranched alkanes of at least 4 members (excludes halogenated alkanes) is 15. The fourth-order valence-electron chi connectivity index (χ4n) is 15.7. The fraction of sp³-hybridized carbons (Fsp3) is 0.585. The number of nitrogens with one attached hydrogen (secondary N) is 2. The minimum Gasteiger partial charge on any atom is -0.456 e. The molecule has 0 spiro atoms. The van der Waals surface area contributed by atoms with Crippen molar-refractivity contribution in [3.8, 4) is 0 Å². The summed E-state index contributed by atoms with van der Waals surface area (Å²) in [6.45, 7) is 8.87. The third kappa shape index (κ3) is 22.1. The van der Waals surface area contributed by atoms with E-state index in [1.807, 2.05) is 33.3 Å². The summed E-state index contributed by atoms with van der Waals surface area (Å²) in [5.41, 5.74) is -5.71. The van der Waals surface area contributed by atoms with Crippen molar-refractivity contribution in [2.45, 2.75) is 237 Å². The number of carbonyl (C=O) groups excluding carboxylic acids is 8. The molecule has 0 radical (unpaired) electrons. The lowest BCUT2D eigenvalue weighted by molar-refractivity contribution is -0.870. The van der Waals surface area contributed by atoms with E-state index in [0.717, 1.165) is 57.9 Å². The second-order valence-electron chi connectivity index (χ2n) is 30.9. The van der Waals surface area contributed by atoms with Crippen LogP contribution < -0.4 is 10.6 Å². The van der Waals surface area contributed by atoms with Gasteiger partial charge in [-0.1, -0.05) is 195 Å². The molecule has 1 saturated heterocycles. The van der Waals surface area contributed by atoms with Crippen molar-refractivity contribution in [3.05, 3.63) is 154 Å². The molecule has 3 aliphatic carbocycles. The van der Waals surface area contributed by atoms with Crippen molar-refractivity contribution < 1.29 is 100.0 Å². The molecule has 4 aromatic carbocycles. The van der Waals surface area contributed by atoms with Crippen LogP contribution in [0.25, 0.3) is 0 Å². The second kappa shape index (κ2) is 38.6. The first-order valence-corrected chi connectivity index (χ1v) is 39.4. The molecule has 23 nitrogen and oxygen atoms in total. The largest absolute Gasteiger partial charge is 0.472 e. The summed E-state index contributed by atoms with van der Waals surface area (Å²) >= 11 is 0. The average molecular weight is 1490 g/mol. The molecule has 1 heterocycles. The number of aliphatic hydroxyl groups is 2. The van der Waals surface area contributed by atoms with Crippen LogP contribution in [-0.2, 0) is 78.8 Å². The van der Waals surface area contributed by atoms with Crippen LogP contribution in [0.15, 0.2) is 126 Å². The van der Waals surface area contributed by atoms with E-state index in [1.54, 1.807) is 92.7 Å². The number of amides is 2. The van der Waals surface area contributed by atoms with Crippen LogP contribution in [0.5, 0.6) is 0 Å². The molecule has 8 rings (SSSR count). The highest BCUT2D eigenvalue weighted by Crippen LogP contribution is 2.65. The number of rotatable bonds is 41. The van der Waals surface area contributed by atoms with E-state index in [9.17, 15) is 53.2 Å². The van der Waals surface area contributed by atoms with Crippen LogP contribution in [0.3, 0.4) is 0 Å². The maximum atomic E-state index is 16.5. The van der Waals surface area contributed by atoms with Gasteiger partial charge in [-0.3, -0.25) is 33.0 Å². The molecule has 1 unspecified atom stereocenters. The van der Waals surface area contributed by atoms with Gasteiger partial charge < -0.3 is 58.6 Å². The zero-order valence-corrected chi connectivity index (χ0v) is 64.3. The van der Waals surface area contributed by atoms with Gasteiger partial charge in [-0.2, -0.15) is 0 Å².